The minimum atomic E-state index is -3.31. The number of hydrogen-bond acceptors (Lipinski definition) is 4. The van der Waals surface area contributed by atoms with Gasteiger partial charge in [0.2, 0.25) is 0 Å². The summed E-state index contributed by atoms with van der Waals surface area (Å²) in [6.07, 6.45) is 4.44. The molecule has 1 aliphatic carbocycles. The molecular weight excluding hydrogens is 332 g/mol. The Morgan fingerprint density at radius 1 is 1.58 bits per heavy atom. The molecule has 0 amide bonds. The lowest BCUT2D eigenvalue weighted by Gasteiger charge is -2.31. The van der Waals surface area contributed by atoms with Gasteiger partial charge in [-0.05, 0) is 49.0 Å². The molecule has 0 aromatic carbocycles. The van der Waals surface area contributed by atoms with Crippen LogP contribution in [-0.4, -0.2) is 34.8 Å². The second kappa shape index (κ2) is 4.86. The molecule has 1 fully saturated rings. The van der Waals surface area contributed by atoms with Gasteiger partial charge in [0, 0.05) is 12.3 Å². The summed E-state index contributed by atoms with van der Waals surface area (Å²) in [5.74, 6) is 0. The molecule has 2 rings (SSSR count). The van der Waals surface area contributed by atoms with Crippen molar-refractivity contribution in [2.45, 2.75) is 50.0 Å². The fourth-order valence-corrected chi connectivity index (χ4v) is 5.08. The van der Waals surface area contributed by atoms with Crippen LogP contribution in [0.5, 0.6) is 0 Å². The van der Waals surface area contributed by atoms with E-state index in [1.54, 1.807) is 10.9 Å². The van der Waals surface area contributed by atoms with E-state index in [1.165, 1.54) is 6.26 Å². The van der Waals surface area contributed by atoms with Crippen LogP contribution in [0.15, 0.2) is 10.7 Å². The maximum Gasteiger partial charge on any atom is 0.153 e. The molecule has 2 unspecified atom stereocenters. The van der Waals surface area contributed by atoms with E-state index in [9.17, 15) is 13.5 Å². The van der Waals surface area contributed by atoms with Crippen molar-refractivity contribution in [3.05, 3.63) is 16.4 Å². The lowest BCUT2D eigenvalue weighted by atomic mass is 9.97. The van der Waals surface area contributed by atoms with Crippen LogP contribution < -0.4 is 0 Å². The van der Waals surface area contributed by atoms with E-state index < -0.39 is 20.7 Å². The summed E-state index contributed by atoms with van der Waals surface area (Å²) >= 11 is 3.39. The Hall–Kier alpha value is -0.400. The van der Waals surface area contributed by atoms with Crippen molar-refractivity contribution in [1.29, 1.82) is 0 Å². The van der Waals surface area contributed by atoms with Gasteiger partial charge >= 0.3 is 0 Å². The van der Waals surface area contributed by atoms with Crippen LogP contribution in [-0.2, 0) is 15.4 Å². The molecule has 1 saturated carbocycles. The molecule has 1 aliphatic rings. The minimum absolute atomic E-state index is 0.0612. The number of hydrogen-bond donors (Lipinski definition) is 1. The van der Waals surface area contributed by atoms with Crippen molar-refractivity contribution in [3.63, 3.8) is 0 Å². The van der Waals surface area contributed by atoms with E-state index >= 15 is 0 Å². The van der Waals surface area contributed by atoms with E-state index in [-0.39, 0.29) is 6.04 Å². The molecule has 0 saturated heterocycles. The van der Waals surface area contributed by atoms with Gasteiger partial charge in [0.15, 0.2) is 9.84 Å². The highest BCUT2D eigenvalue weighted by Crippen LogP contribution is 2.45. The van der Waals surface area contributed by atoms with E-state index in [1.807, 2.05) is 13.8 Å². The third-order valence-corrected chi connectivity index (χ3v) is 5.96. The average molecular weight is 351 g/mol. The highest BCUT2D eigenvalue weighted by molar-refractivity contribution is 9.10. The quantitative estimate of drug-likeness (QED) is 0.904. The number of nitrogens with zero attached hydrogens (tertiary/aromatic N) is 2. The predicted molar refractivity (Wildman–Crippen MR) is 76.7 cm³/mol. The molecule has 1 aromatic heterocycles. The fraction of sp³-hybridized carbons (Fsp3) is 0.750. The van der Waals surface area contributed by atoms with Crippen molar-refractivity contribution in [3.8, 4) is 0 Å². The van der Waals surface area contributed by atoms with E-state index in [2.05, 4.69) is 21.0 Å². The monoisotopic (exact) mass is 350 g/mol. The van der Waals surface area contributed by atoms with Gasteiger partial charge in [-0.3, -0.25) is 4.68 Å². The zero-order chi connectivity index (χ0) is 14.4. The van der Waals surface area contributed by atoms with Crippen LogP contribution in [0.25, 0.3) is 0 Å². The van der Waals surface area contributed by atoms with E-state index in [0.717, 1.165) is 0 Å². The van der Waals surface area contributed by atoms with Gasteiger partial charge in [0.25, 0.3) is 0 Å². The summed E-state index contributed by atoms with van der Waals surface area (Å²) in [6, 6.07) is 0.0612. The van der Waals surface area contributed by atoms with Gasteiger partial charge < -0.3 is 5.11 Å². The maximum atomic E-state index is 11.9. The molecule has 7 heteroatoms. The Balaban J connectivity index is 2.59. The van der Waals surface area contributed by atoms with Crippen LogP contribution in [0, 0.1) is 0 Å². The molecule has 0 aliphatic heterocycles. The number of aromatic nitrogens is 2. The maximum absolute atomic E-state index is 11.9. The molecule has 0 spiro atoms. The van der Waals surface area contributed by atoms with Gasteiger partial charge in [-0.15, -0.1) is 0 Å². The first-order valence-corrected chi connectivity index (χ1v) is 9.07. The topological polar surface area (TPSA) is 72.2 Å². The van der Waals surface area contributed by atoms with E-state index in [4.69, 9.17) is 0 Å². The smallest absolute Gasteiger partial charge is 0.153 e. The number of sulfone groups is 1. The largest absolute Gasteiger partial charge is 0.382 e. The van der Waals surface area contributed by atoms with Crippen LogP contribution >= 0.6 is 15.9 Å². The van der Waals surface area contributed by atoms with Crippen LogP contribution in [0.2, 0.25) is 0 Å². The summed E-state index contributed by atoms with van der Waals surface area (Å²) in [5, 5.41) is 14.5. The molecule has 0 bridgehead atoms. The summed E-state index contributed by atoms with van der Waals surface area (Å²) in [4.78, 5) is 0. The Kier molecular flexibility index (Phi) is 3.83. The third kappa shape index (κ3) is 2.48. The molecular formula is C12H19BrN2O3S. The Bertz CT molecular complexity index is 582. The molecule has 1 N–H and O–H groups in total. The molecule has 1 aromatic rings. The van der Waals surface area contributed by atoms with Crippen LogP contribution in [0.4, 0.5) is 0 Å². The molecule has 0 radical (unpaired) electrons. The zero-order valence-corrected chi connectivity index (χ0v) is 13.7. The molecule has 2 atom stereocenters. The molecule has 5 nitrogen and oxygen atoms in total. The standard InChI is InChI=1S/C12H19BrN2O3S/c1-8(2)15-11(9(13)7-14-15)12(16)6-4-5-10(12)19(3,17)18/h7-8,10,16H,4-6H2,1-3H3. The first kappa shape index (κ1) is 15.0. The predicted octanol–water partition coefficient (Wildman–Crippen LogP) is 2.01. The van der Waals surface area contributed by atoms with Gasteiger partial charge in [0.1, 0.15) is 5.60 Å². The van der Waals surface area contributed by atoms with Gasteiger partial charge in [-0.1, -0.05) is 0 Å². The number of aliphatic hydroxyl groups is 1. The van der Waals surface area contributed by atoms with Crippen LogP contribution in [0.3, 0.4) is 0 Å². The normalized spacial score (nSPS) is 28.2. The Morgan fingerprint density at radius 3 is 2.74 bits per heavy atom. The van der Waals surface area contributed by atoms with Crippen molar-refractivity contribution in [2.24, 2.45) is 0 Å². The minimum Gasteiger partial charge on any atom is -0.382 e. The summed E-state index contributed by atoms with van der Waals surface area (Å²) < 4.78 is 26.2. The summed E-state index contributed by atoms with van der Waals surface area (Å²) in [7, 11) is -3.31. The van der Waals surface area contributed by atoms with E-state index in [0.29, 0.717) is 29.4 Å². The first-order valence-electron chi connectivity index (χ1n) is 6.32. The van der Waals surface area contributed by atoms with Crippen LogP contribution in [0.1, 0.15) is 44.8 Å². The molecule has 108 valence electrons. The average Bonchev–Trinajstić information content (AvgIpc) is 2.81. The van der Waals surface area contributed by atoms with Gasteiger partial charge in [-0.25, -0.2) is 8.42 Å². The van der Waals surface area contributed by atoms with Crippen molar-refractivity contribution < 1.29 is 13.5 Å². The Morgan fingerprint density at radius 2 is 2.21 bits per heavy atom. The number of rotatable bonds is 3. The first-order chi connectivity index (χ1) is 8.68. The zero-order valence-electron chi connectivity index (χ0n) is 11.3. The van der Waals surface area contributed by atoms with Crippen molar-refractivity contribution in [1.82, 2.24) is 9.78 Å². The second-order valence-electron chi connectivity index (χ2n) is 5.51. The van der Waals surface area contributed by atoms with Gasteiger partial charge in [0.05, 0.1) is 21.6 Å². The SMILES string of the molecule is CC(C)n1ncc(Br)c1C1(O)CCCC1S(C)(=O)=O. The second-order valence-corrected chi connectivity index (χ2v) is 8.60. The lowest BCUT2D eigenvalue weighted by molar-refractivity contribution is 0.0362. The number of halogens is 1. The highest BCUT2D eigenvalue weighted by Gasteiger charge is 2.51. The third-order valence-electron chi connectivity index (χ3n) is 3.72. The molecule has 1 heterocycles. The Labute approximate surface area is 122 Å². The molecule has 19 heavy (non-hydrogen) atoms. The van der Waals surface area contributed by atoms with Gasteiger partial charge in [-0.2, -0.15) is 5.10 Å². The summed E-state index contributed by atoms with van der Waals surface area (Å²) in [6.45, 7) is 3.91. The fourth-order valence-electron chi connectivity index (χ4n) is 2.93. The lowest BCUT2D eigenvalue weighted by Crippen LogP contribution is -2.42. The highest BCUT2D eigenvalue weighted by atomic mass is 79.9. The van der Waals surface area contributed by atoms with Crippen molar-refractivity contribution >= 4 is 25.8 Å². The van der Waals surface area contributed by atoms with Crippen molar-refractivity contribution in [2.75, 3.05) is 6.26 Å². The summed E-state index contributed by atoms with van der Waals surface area (Å²) in [5.41, 5.74) is -0.775.